The van der Waals surface area contributed by atoms with E-state index in [2.05, 4.69) is 4.98 Å². The number of aryl methyl sites for hydroxylation is 1. The van der Waals surface area contributed by atoms with Crippen molar-refractivity contribution in [3.63, 3.8) is 0 Å². The molecule has 0 atom stereocenters. The van der Waals surface area contributed by atoms with E-state index in [1.807, 2.05) is 19.1 Å². The highest BCUT2D eigenvalue weighted by atomic mass is 16.5. The first-order valence-electron chi connectivity index (χ1n) is 5.85. The highest BCUT2D eigenvalue weighted by molar-refractivity contribution is 5.77. The molecule has 1 aromatic rings. The fourth-order valence-corrected chi connectivity index (χ4v) is 1.48. The van der Waals surface area contributed by atoms with Crippen molar-refractivity contribution in [2.45, 2.75) is 13.5 Å². The molecular formula is C13H20N2O3. The van der Waals surface area contributed by atoms with E-state index >= 15 is 0 Å². The molecule has 1 amide bonds. The summed E-state index contributed by atoms with van der Waals surface area (Å²) in [4.78, 5) is 17.5. The molecule has 0 saturated heterocycles. The van der Waals surface area contributed by atoms with Gasteiger partial charge in [0.15, 0.2) is 0 Å². The Kier molecular flexibility index (Phi) is 6.32. The number of ether oxygens (including phenoxy) is 2. The Morgan fingerprint density at radius 2 is 2.22 bits per heavy atom. The molecule has 0 saturated carbocycles. The summed E-state index contributed by atoms with van der Waals surface area (Å²) in [6.07, 6.45) is 1.75. The third-order valence-corrected chi connectivity index (χ3v) is 2.46. The van der Waals surface area contributed by atoms with E-state index in [0.717, 1.165) is 11.3 Å². The SMILES string of the molecule is COCCOCC(=O)N(C)Cc1ccnc(C)c1. The maximum absolute atomic E-state index is 11.7. The number of carbonyl (C=O) groups excluding carboxylic acids is 1. The van der Waals surface area contributed by atoms with E-state index in [4.69, 9.17) is 9.47 Å². The van der Waals surface area contributed by atoms with Gasteiger partial charge in [-0.05, 0) is 24.6 Å². The Hall–Kier alpha value is -1.46. The highest BCUT2D eigenvalue weighted by Crippen LogP contribution is 2.04. The molecule has 0 bridgehead atoms. The van der Waals surface area contributed by atoms with Crippen LogP contribution < -0.4 is 0 Å². The van der Waals surface area contributed by atoms with Crippen LogP contribution in [-0.2, 0) is 20.8 Å². The second-order valence-corrected chi connectivity index (χ2v) is 4.10. The molecule has 0 radical (unpaired) electrons. The number of likely N-dealkylation sites (N-methyl/N-ethyl adjacent to an activating group) is 1. The van der Waals surface area contributed by atoms with Gasteiger partial charge in [-0.15, -0.1) is 0 Å². The smallest absolute Gasteiger partial charge is 0.248 e. The first-order valence-corrected chi connectivity index (χ1v) is 5.85. The normalized spacial score (nSPS) is 10.4. The topological polar surface area (TPSA) is 51.7 Å². The summed E-state index contributed by atoms with van der Waals surface area (Å²) in [6, 6.07) is 3.87. The van der Waals surface area contributed by atoms with Gasteiger partial charge in [0.2, 0.25) is 5.91 Å². The van der Waals surface area contributed by atoms with E-state index in [0.29, 0.717) is 19.8 Å². The van der Waals surface area contributed by atoms with E-state index < -0.39 is 0 Å². The van der Waals surface area contributed by atoms with Crippen molar-refractivity contribution in [2.75, 3.05) is 34.0 Å². The van der Waals surface area contributed by atoms with Crippen molar-refractivity contribution in [2.24, 2.45) is 0 Å². The highest BCUT2D eigenvalue weighted by Gasteiger charge is 2.09. The quantitative estimate of drug-likeness (QED) is 0.680. The van der Waals surface area contributed by atoms with Gasteiger partial charge < -0.3 is 14.4 Å². The second kappa shape index (κ2) is 7.79. The molecule has 1 rings (SSSR count). The lowest BCUT2D eigenvalue weighted by atomic mass is 10.2. The molecule has 0 aromatic carbocycles. The van der Waals surface area contributed by atoms with Crippen LogP contribution in [0.1, 0.15) is 11.3 Å². The average Bonchev–Trinajstić information content (AvgIpc) is 2.34. The van der Waals surface area contributed by atoms with Gasteiger partial charge in [0.25, 0.3) is 0 Å². The summed E-state index contributed by atoms with van der Waals surface area (Å²) in [7, 11) is 3.36. The maximum atomic E-state index is 11.7. The number of hydrogen-bond donors (Lipinski definition) is 0. The Morgan fingerprint density at radius 1 is 1.44 bits per heavy atom. The van der Waals surface area contributed by atoms with Crippen molar-refractivity contribution in [3.8, 4) is 0 Å². The summed E-state index contributed by atoms with van der Waals surface area (Å²) in [5.41, 5.74) is 2.01. The molecule has 5 heteroatoms. The monoisotopic (exact) mass is 252 g/mol. The molecular weight excluding hydrogens is 232 g/mol. The number of methoxy groups -OCH3 is 1. The van der Waals surface area contributed by atoms with Crippen LogP contribution >= 0.6 is 0 Å². The molecule has 0 spiro atoms. The lowest BCUT2D eigenvalue weighted by Gasteiger charge is -2.17. The van der Waals surface area contributed by atoms with Crippen molar-refractivity contribution < 1.29 is 14.3 Å². The van der Waals surface area contributed by atoms with Crippen LogP contribution in [0.15, 0.2) is 18.3 Å². The van der Waals surface area contributed by atoms with Crippen LogP contribution in [-0.4, -0.2) is 49.8 Å². The molecule has 100 valence electrons. The molecule has 1 heterocycles. The summed E-state index contributed by atoms with van der Waals surface area (Å²) in [6.45, 7) is 3.52. The van der Waals surface area contributed by atoms with Crippen LogP contribution in [0.3, 0.4) is 0 Å². The fourth-order valence-electron chi connectivity index (χ4n) is 1.48. The van der Waals surface area contributed by atoms with Gasteiger partial charge in [0.05, 0.1) is 13.2 Å². The van der Waals surface area contributed by atoms with Crippen molar-refractivity contribution in [1.82, 2.24) is 9.88 Å². The first kappa shape index (κ1) is 14.6. The second-order valence-electron chi connectivity index (χ2n) is 4.10. The van der Waals surface area contributed by atoms with Crippen molar-refractivity contribution >= 4 is 5.91 Å². The number of aromatic nitrogens is 1. The third-order valence-electron chi connectivity index (χ3n) is 2.46. The van der Waals surface area contributed by atoms with Gasteiger partial charge in [0, 0.05) is 32.6 Å². The number of amides is 1. The number of hydrogen-bond acceptors (Lipinski definition) is 4. The van der Waals surface area contributed by atoms with E-state index in [9.17, 15) is 4.79 Å². The molecule has 0 N–H and O–H groups in total. The van der Waals surface area contributed by atoms with E-state index in [1.165, 1.54) is 0 Å². The van der Waals surface area contributed by atoms with Gasteiger partial charge in [-0.2, -0.15) is 0 Å². The predicted octanol–water partition coefficient (Wildman–Crippen LogP) is 1.01. The minimum atomic E-state index is -0.0411. The lowest BCUT2D eigenvalue weighted by Crippen LogP contribution is -2.30. The number of rotatable bonds is 7. The number of carbonyl (C=O) groups is 1. The Bertz CT molecular complexity index is 382. The average molecular weight is 252 g/mol. The zero-order chi connectivity index (χ0) is 13.4. The maximum Gasteiger partial charge on any atom is 0.248 e. The molecule has 0 aliphatic rings. The van der Waals surface area contributed by atoms with E-state index in [1.54, 1.807) is 25.3 Å². The Balaban J connectivity index is 2.35. The Morgan fingerprint density at radius 3 is 2.89 bits per heavy atom. The third kappa shape index (κ3) is 5.25. The molecule has 0 unspecified atom stereocenters. The van der Waals surface area contributed by atoms with Crippen LogP contribution in [0.25, 0.3) is 0 Å². The minimum Gasteiger partial charge on any atom is -0.382 e. The van der Waals surface area contributed by atoms with Crippen molar-refractivity contribution in [1.29, 1.82) is 0 Å². The summed E-state index contributed by atoms with van der Waals surface area (Å²) in [5.74, 6) is -0.0411. The summed E-state index contributed by atoms with van der Waals surface area (Å²) < 4.78 is 10.0. The van der Waals surface area contributed by atoms with E-state index in [-0.39, 0.29) is 12.5 Å². The zero-order valence-electron chi connectivity index (χ0n) is 11.2. The van der Waals surface area contributed by atoms with Gasteiger partial charge >= 0.3 is 0 Å². The molecule has 18 heavy (non-hydrogen) atoms. The summed E-state index contributed by atoms with van der Waals surface area (Å²) in [5, 5.41) is 0. The molecule has 0 aliphatic heterocycles. The molecule has 0 aliphatic carbocycles. The lowest BCUT2D eigenvalue weighted by molar-refractivity contribution is -0.135. The van der Waals surface area contributed by atoms with Crippen LogP contribution in [0, 0.1) is 6.92 Å². The predicted molar refractivity (Wildman–Crippen MR) is 68.1 cm³/mol. The molecule has 1 aromatic heterocycles. The van der Waals surface area contributed by atoms with Gasteiger partial charge in [0.1, 0.15) is 6.61 Å². The molecule has 5 nitrogen and oxygen atoms in total. The van der Waals surface area contributed by atoms with Crippen molar-refractivity contribution in [3.05, 3.63) is 29.6 Å². The van der Waals surface area contributed by atoms with Crippen LogP contribution in [0.5, 0.6) is 0 Å². The van der Waals surface area contributed by atoms with Gasteiger partial charge in [-0.3, -0.25) is 9.78 Å². The Labute approximate surface area is 108 Å². The van der Waals surface area contributed by atoms with Crippen LogP contribution in [0.4, 0.5) is 0 Å². The number of pyridine rings is 1. The van der Waals surface area contributed by atoms with Gasteiger partial charge in [-0.1, -0.05) is 0 Å². The fraction of sp³-hybridized carbons (Fsp3) is 0.538. The van der Waals surface area contributed by atoms with Gasteiger partial charge in [-0.25, -0.2) is 0 Å². The minimum absolute atomic E-state index is 0.0411. The summed E-state index contributed by atoms with van der Waals surface area (Å²) >= 11 is 0. The number of nitrogens with zero attached hydrogens (tertiary/aromatic N) is 2. The first-order chi connectivity index (χ1) is 8.63. The molecule has 0 fully saturated rings. The largest absolute Gasteiger partial charge is 0.382 e. The van der Waals surface area contributed by atoms with Crippen LogP contribution in [0.2, 0.25) is 0 Å². The zero-order valence-corrected chi connectivity index (χ0v) is 11.2. The standard InChI is InChI=1S/C13H20N2O3/c1-11-8-12(4-5-14-11)9-15(2)13(16)10-18-7-6-17-3/h4-5,8H,6-7,9-10H2,1-3H3.